The molecule has 0 amide bonds. The first-order chi connectivity index (χ1) is 9.50. The van der Waals surface area contributed by atoms with Crippen LogP contribution in [0.5, 0.6) is 0 Å². The summed E-state index contributed by atoms with van der Waals surface area (Å²) in [6.45, 7) is 6.55. The molecule has 20 heavy (non-hydrogen) atoms. The second-order valence-corrected chi connectivity index (χ2v) is 5.06. The van der Waals surface area contributed by atoms with Crippen LogP contribution in [0.2, 0.25) is 0 Å². The van der Waals surface area contributed by atoms with Crippen LogP contribution < -0.4 is 4.90 Å². The Morgan fingerprint density at radius 3 is 2.65 bits per heavy atom. The summed E-state index contributed by atoms with van der Waals surface area (Å²) < 4.78 is 38.1. The van der Waals surface area contributed by atoms with Gasteiger partial charge in [0.05, 0.1) is 0 Å². The summed E-state index contributed by atoms with van der Waals surface area (Å²) in [6.07, 6.45) is -2.32. The molecule has 0 radical (unpaired) electrons. The molecular formula is C14H20F3N3. The zero-order chi connectivity index (χ0) is 14.6. The van der Waals surface area contributed by atoms with Gasteiger partial charge < -0.3 is 9.80 Å². The molecule has 0 bridgehead atoms. The molecule has 2 rings (SSSR count). The minimum atomic E-state index is -4.38. The molecule has 1 aliphatic rings. The lowest BCUT2D eigenvalue weighted by molar-refractivity contribution is -0.141. The van der Waals surface area contributed by atoms with E-state index in [1.165, 1.54) is 6.07 Å². The van der Waals surface area contributed by atoms with E-state index in [1.807, 2.05) is 4.90 Å². The van der Waals surface area contributed by atoms with Crippen LogP contribution in [-0.2, 0) is 6.18 Å². The fourth-order valence-electron chi connectivity index (χ4n) is 2.50. The molecule has 0 unspecified atom stereocenters. The predicted molar refractivity (Wildman–Crippen MR) is 72.8 cm³/mol. The van der Waals surface area contributed by atoms with Gasteiger partial charge in [-0.2, -0.15) is 13.2 Å². The smallest absolute Gasteiger partial charge is 0.355 e. The zero-order valence-electron chi connectivity index (χ0n) is 11.7. The Morgan fingerprint density at radius 2 is 1.95 bits per heavy atom. The Balaban J connectivity index is 2.08. The molecule has 0 spiro atoms. The lowest BCUT2D eigenvalue weighted by Gasteiger charge is -2.23. The lowest BCUT2D eigenvalue weighted by Crippen LogP contribution is -2.31. The predicted octanol–water partition coefficient (Wildman–Crippen LogP) is 3.02. The van der Waals surface area contributed by atoms with Gasteiger partial charge in [-0.15, -0.1) is 0 Å². The molecule has 0 atom stereocenters. The fraction of sp³-hybridized carbons (Fsp3) is 0.643. The van der Waals surface area contributed by atoms with E-state index in [0.717, 1.165) is 51.6 Å². The van der Waals surface area contributed by atoms with E-state index >= 15 is 0 Å². The van der Waals surface area contributed by atoms with Crippen LogP contribution in [0.15, 0.2) is 18.2 Å². The average molecular weight is 287 g/mol. The molecule has 1 aromatic heterocycles. The monoisotopic (exact) mass is 287 g/mol. The van der Waals surface area contributed by atoms with E-state index in [-0.39, 0.29) is 0 Å². The van der Waals surface area contributed by atoms with Gasteiger partial charge in [0.1, 0.15) is 11.5 Å². The summed E-state index contributed by atoms with van der Waals surface area (Å²) in [4.78, 5) is 8.07. The first-order valence-corrected chi connectivity index (χ1v) is 7.02. The number of hydrogen-bond donors (Lipinski definition) is 0. The van der Waals surface area contributed by atoms with Crippen LogP contribution in [0.3, 0.4) is 0 Å². The highest BCUT2D eigenvalue weighted by Crippen LogP contribution is 2.29. The third kappa shape index (κ3) is 3.85. The van der Waals surface area contributed by atoms with Crippen molar-refractivity contribution in [2.45, 2.75) is 25.9 Å². The molecule has 3 nitrogen and oxygen atoms in total. The highest BCUT2D eigenvalue weighted by atomic mass is 19.4. The van der Waals surface area contributed by atoms with Gasteiger partial charge in [0.2, 0.25) is 0 Å². The summed E-state index contributed by atoms with van der Waals surface area (Å²) in [6, 6.07) is 4.11. The van der Waals surface area contributed by atoms with Gasteiger partial charge in [-0.05, 0) is 38.1 Å². The topological polar surface area (TPSA) is 19.4 Å². The molecule has 1 fully saturated rings. The van der Waals surface area contributed by atoms with Crippen LogP contribution >= 0.6 is 0 Å². The molecule has 112 valence electrons. The first-order valence-electron chi connectivity index (χ1n) is 7.02. The van der Waals surface area contributed by atoms with Crippen molar-refractivity contribution in [3.8, 4) is 0 Å². The SMILES string of the molecule is CCCN1CCCN(c2cccc(C(F)(F)F)n2)CC1. The molecular weight excluding hydrogens is 267 g/mol. The molecule has 1 aliphatic heterocycles. The van der Waals surface area contributed by atoms with Crippen LogP contribution in [0.25, 0.3) is 0 Å². The van der Waals surface area contributed by atoms with Gasteiger partial charge in [0, 0.05) is 19.6 Å². The first kappa shape index (κ1) is 15.1. The van der Waals surface area contributed by atoms with Crippen molar-refractivity contribution in [3.63, 3.8) is 0 Å². The number of alkyl halides is 3. The highest BCUT2D eigenvalue weighted by molar-refractivity contribution is 5.40. The molecule has 0 aliphatic carbocycles. The molecule has 6 heteroatoms. The third-order valence-electron chi connectivity index (χ3n) is 3.48. The lowest BCUT2D eigenvalue weighted by atomic mass is 10.3. The average Bonchev–Trinajstić information content (AvgIpc) is 2.64. The number of halogens is 3. The normalized spacial score (nSPS) is 18.1. The number of nitrogens with zero attached hydrogens (tertiary/aromatic N) is 3. The molecule has 2 heterocycles. The molecule has 1 saturated heterocycles. The van der Waals surface area contributed by atoms with Crippen molar-refractivity contribution in [1.82, 2.24) is 9.88 Å². The largest absolute Gasteiger partial charge is 0.433 e. The number of anilines is 1. The van der Waals surface area contributed by atoms with Crippen LogP contribution in [0.4, 0.5) is 19.0 Å². The molecule has 1 aromatic rings. The van der Waals surface area contributed by atoms with Gasteiger partial charge >= 0.3 is 6.18 Å². The second kappa shape index (κ2) is 6.43. The van der Waals surface area contributed by atoms with Crippen molar-refractivity contribution in [1.29, 1.82) is 0 Å². The quantitative estimate of drug-likeness (QED) is 0.852. The summed E-state index contributed by atoms with van der Waals surface area (Å²) >= 11 is 0. The fourth-order valence-corrected chi connectivity index (χ4v) is 2.50. The number of hydrogen-bond acceptors (Lipinski definition) is 3. The number of rotatable bonds is 3. The van der Waals surface area contributed by atoms with Gasteiger partial charge in [-0.1, -0.05) is 13.0 Å². The second-order valence-electron chi connectivity index (χ2n) is 5.06. The van der Waals surface area contributed by atoms with Crippen molar-refractivity contribution < 1.29 is 13.2 Å². The Kier molecular flexibility index (Phi) is 4.86. The minimum absolute atomic E-state index is 0.429. The van der Waals surface area contributed by atoms with E-state index in [1.54, 1.807) is 6.07 Å². The van der Waals surface area contributed by atoms with Crippen molar-refractivity contribution in [2.75, 3.05) is 37.6 Å². The highest BCUT2D eigenvalue weighted by Gasteiger charge is 2.32. The van der Waals surface area contributed by atoms with Crippen LogP contribution in [0, 0.1) is 0 Å². The van der Waals surface area contributed by atoms with Gasteiger partial charge in [0.15, 0.2) is 0 Å². The third-order valence-corrected chi connectivity index (χ3v) is 3.48. The van der Waals surface area contributed by atoms with Crippen molar-refractivity contribution in [2.24, 2.45) is 0 Å². The zero-order valence-corrected chi connectivity index (χ0v) is 11.7. The van der Waals surface area contributed by atoms with Crippen molar-refractivity contribution >= 4 is 5.82 Å². The van der Waals surface area contributed by atoms with E-state index in [4.69, 9.17) is 0 Å². The van der Waals surface area contributed by atoms with Crippen LogP contribution in [0.1, 0.15) is 25.5 Å². The summed E-state index contributed by atoms with van der Waals surface area (Å²) in [5, 5.41) is 0. The summed E-state index contributed by atoms with van der Waals surface area (Å²) in [5.74, 6) is 0.429. The Morgan fingerprint density at radius 1 is 1.15 bits per heavy atom. The molecule has 0 saturated carbocycles. The number of pyridine rings is 1. The minimum Gasteiger partial charge on any atom is -0.355 e. The Hall–Kier alpha value is -1.30. The maximum atomic E-state index is 12.7. The van der Waals surface area contributed by atoms with E-state index in [0.29, 0.717) is 5.82 Å². The van der Waals surface area contributed by atoms with Gasteiger partial charge in [0.25, 0.3) is 0 Å². The summed E-state index contributed by atoms with van der Waals surface area (Å²) in [5.41, 5.74) is -0.815. The van der Waals surface area contributed by atoms with E-state index in [9.17, 15) is 13.2 Å². The maximum absolute atomic E-state index is 12.7. The van der Waals surface area contributed by atoms with E-state index < -0.39 is 11.9 Å². The van der Waals surface area contributed by atoms with Gasteiger partial charge in [-0.25, -0.2) is 4.98 Å². The maximum Gasteiger partial charge on any atom is 0.433 e. The van der Waals surface area contributed by atoms with Gasteiger partial charge in [-0.3, -0.25) is 0 Å². The van der Waals surface area contributed by atoms with Crippen molar-refractivity contribution in [3.05, 3.63) is 23.9 Å². The Labute approximate surface area is 117 Å². The van der Waals surface area contributed by atoms with E-state index in [2.05, 4.69) is 16.8 Å². The number of aromatic nitrogens is 1. The standard InChI is InChI=1S/C14H20F3N3/c1-2-7-19-8-4-9-20(11-10-19)13-6-3-5-12(18-13)14(15,16)17/h3,5-6H,2,4,7-11H2,1H3. The van der Waals surface area contributed by atoms with Crippen LogP contribution in [-0.4, -0.2) is 42.6 Å². The molecule has 0 N–H and O–H groups in total. The summed E-state index contributed by atoms with van der Waals surface area (Å²) in [7, 11) is 0. The Bertz CT molecular complexity index is 434. The molecule has 0 aromatic carbocycles.